The zero-order chi connectivity index (χ0) is 5.98. The van der Waals surface area contributed by atoms with Gasteiger partial charge in [0.1, 0.15) is 10.5 Å². The van der Waals surface area contributed by atoms with Crippen molar-refractivity contribution in [2.75, 3.05) is 0 Å². The van der Waals surface area contributed by atoms with E-state index < -0.39 is 0 Å². The molecule has 0 atom stereocenters. The van der Waals surface area contributed by atoms with Crippen LogP contribution in [0.3, 0.4) is 0 Å². The van der Waals surface area contributed by atoms with Crippen LogP contribution < -0.4 is 0 Å². The molecule has 1 aliphatic carbocycles. The van der Waals surface area contributed by atoms with Gasteiger partial charge in [-0.1, -0.05) is 6.08 Å². The van der Waals surface area contributed by atoms with Crippen molar-refractivity contribution in [2.45, 2.75) is 18.9 Å². The smallest absolute Gasteiger partial charge is 0.146 e. The van der Waals surface area contributed by atoms with E-state index in [0.717, 1.165) is 16.4 Å². The first kappa shape index (κ1) is 6.04. The fourth-order valence-electron chi connectivity index (χ4n) is 0.991. The Kier molecular flexibility index (Phi) is 1.86. The van der Waals surface area contributed by atoms with Crippen molar-refractivity contribution in [2.24, 2.45) is 5.92 Å². The normalized spacial score (nSPS) is 36.5. The third kappa shape index (κ3) is 1.01. The van der Waals surface area contributed by atoms with Gasteiger partial charge in [0.05, 0.1) is 0 Å². The predicted molar refractivity (Wildman–Crippen MR) is 37.7 cm³/mol. The molecule has 0 aromatic heterocycles. The molecule has 2 heteroatoms. The van der Waals surface area contributed by atoms with Gasteiger partial charge in [-0.05, 0) is 18.8 Å². The highest BCUT2D eigenvalue weighted by molar-refractivity contribution is 5.98. The minimum Gasteiger partial charge on any atom is -0.425 e. The lowest BCUT2D eigenvalue weighted by molar-refractivity contribution is 0.0966. The second-order valence-electron chi connectivity index (χ2n) is 2.32. The average molecular weight is 128 g/mol. The van der Waals surface area contributed by atoms with Crippen LogP contribution in [0.4, 0.5) is 0 Å². The van der Waals surface area contributed by atoms with Crippen molar-refractivity contribution in [3.8, 4) is 0 Å². The largest absolute Gasteiger partial charge is 0.425 e. The van der Waals surface area contributed by atoms with E-state index in [2.05, 4.69) is 6.58 Å². The second kappa shape index (κ2) is 2.46. The number of hydrogen-bond acceptors (Lipinski definition) is 1. The minimum atomic E-state index is 0.588. The molecular formula is C6H12OSi. The van der Waals surface area contributed by atoms with Gasteiger partial charge in [0.2, 0.25) is 0 Å². The maximum Gasteiger partial charge on any atom is 0.146 e. The van der Waals surface area contributed by atoms with Crippen LogP contribution in [0.5, 0.6) is 0 Å². The highest BCUT2D eigenvalue weighted by Crippen LogP contribution is 2.29. The van der Waals surface area contributed by atoms with E-state index in [1.807, 2.05) is 6.08 Å². The summed E-state index contributed by atoms with van der Waals surface area (Å²) in [6, 6.07) is 0. The Balaban J connectivity index is 2.11. The van der Waals surface area contributed by atoms with Crippen LogP contribution in [-0.2, 0) is 4.43 Å². The van der Waals surface area contributed by atoms with Gasteiger partial charge in [-0.3, -0.25) is 0 Å². The summed E-state index contributed by atoms with van der Waals surface area (Å²) in [5.74, 6) is 0.758. The zero-order valence-electron chi connectivity index (χ0n) is 5.26. The first-order chi connectivity index (χ1) is 3.86. The summed E-state index contributed by atoms with van der Waals surface area (Å²) >= 11 is 0. The van der Waals surface area contributed by atoms with Gasteiger partial charge in [-0.2, -0.15) is 0 Å². The molecule has 0 aromatic carbocycles. The topological polar surface area (TPSA) is 9.23 Å². The highest BCUT2D eigenvalue weighted by Gasteiger charge is 2.25. The fourth-order valence-corrected chi connectivity index (χ4v) is 1.38. The Morgan fingerprint density at radius 2 is 2.25 bits per heavy atom. The first-order valence-electron chi connectivity index (χ1n) is 3.02. The Labute approximate surface area is 53.3 Å². The lowest BCUT2D eigenvalue weighted by atomic mass is 9.83. The van der Waals surface area contributed by atoms with Crippen molar-refractivity contribution >= 4 is 10.5 Å². The molecular weight excluding hydrogens is 116 g/mol. The van der Waals surface area contributed by atoms with Crippen LogP contribution in [0.2, 0.25) is 0 Å². The van der Waals surface area contributed by atoms with Gasteiger partial charge < -0.3 is 4.43 Å². The summed E-state index contributed by atoms with van der Waals surface area (Å²) in [6.07, 6.45) is 5.04. The molecule has 1 fully saturated rings. The monoisotopic (exact) mass is 128 g/mol. The van der Waals surface area contributed by atoms with Crippen molar-refractivity contribution < 1.29 is 4.43 Å². The summed E-state index contributed by atoms with van der Waals surface area (Å²) in [5, 5.41) is 0. The van der Waals surface area contributed by atoms with Gasteiger partial charge in [0, 0.05) is 6.10 Å². The molecule has 0 saturated heterocycles. The lowest BCUT2D eigenvalue weighted by Crippen LogP contribution is -2.28. The Hall–Kier alpha value is -0.0831. The Morgan fingerprint density at radius 1 is 1.62 bits per heavy atom. The molecule has 0 bridgehead atoms. The van der Waals surface area contributed by atoms with E-state index in [9.17, 15) is 0 Å². The number of hydrogen-bond donors (Lipinski definition) is 0. The van der Waals surface area contributed by atoms with Gasteiger partial charge in [-0.25, -0.2) is 0 Å². The summed E-state index contributed by atoms with van der Waals surface area (Å²) < 4.78 is 5.21. The molecule has 0 spiro atoms. The molecule has 0 aromatic rings. The molecule has 0 amide bonds. The Morgan fingerprint density at radius 3 is 2.62 bits per heavy atom. The quantitative estimate of drug-likeness (QED) is 0.382. The Bertz CT molecular complexity index is 86.5. The summed E-state index contributed by atoms with van der Waals surface area (Å²) in [7, 11) is 0.893. The van der Waals surface area contributed by atoms with Crippen LogP contribution >= 0.6 is 0 Å². The number of rotatable bonds is 2. The van der Waals surface area contributed by atoms with Crippen molar-refractivity contribution in [3.05, 3.63) is 12.7 Å². The molecule has 0 radical (unpaired) electrons. The zero-order valence-corrected chi connectivity index (χ0v) is 7.26. The average Bonchev–Trinajstić information content (AvgIpc) is 1.65. The third-order valence-electron chi connectivity index (χ3n) is 1.80. The minimum absolute atomic E-state index is 0.588. The molecule has 8 heavy (non-hydrogen) atoms. The molecule has 1 aliphatic rings. The molecule has 0 aliphatic heterocycles. The van der Waals surface area contributed by atoms with Crippen LogP contribution in [0, 0.1) is 5.92 Å². The maximum atomic E-state index is 5.21. The second-order valence-corrected chi connectivity index (χ2v) is 2.80. The molecule has 1 rings (SSSR count). The fraction of sp³-hybridized carbons (Fsp3) is 0.667. The first-order valence-corrected chi connectivity index (χ1v) is 3.84. The van der Waals surface area contributed by atoms with Gasteiger partial charge in [-0.15, -0.1) is 6.58 Å². The van der Waals surface area contributed by atoms with Gasteiger partial charge >= 0.3 is 0 Å². The molecule has 1 saturated carbocycles. The summed E-state index contributed by atoms with van der Waals surface area (Å²) in [4.78, 5) is 0. The molecule has 0 heterocycles. The standard InChI is InChI=1S/C6H12OSi/c1-2-5-3-6(4-5)7-8/h2,5-6H,1,3-4H2,8H3/t5-,6+. The molecule has 0 N–H and O–H groups in total. The summed E-state index contributed by atoms with van der Waals surface area (Å²) in [5.41, 5.74) is 0. The van der Waals surface area contributed by atoms with Gasteiger partial charge in [0.25, 0.3) is 0 Å². The van der Waals surface area contributed by atoms with E-state index in [0.29, 0.717) is 6.10 Å². The van der Waals surface area contributed by atoms with E-state index in [1.165, 1.54) is 12.8 Å². The number of allylic oxidation sites excluding steroid dienone is 1. The summed E-state index contributed by atoms with van der Waals surface area (Å²) in [6.45, 7) is 3.71. The van der Waals surface area contributed by atoms with Crippen molar-refractivity contribution in [3.63, 3.8) is 0 Å². The van der Waals surface area contributed by atoms with Gasteiger partial charge in [0.15, 0.2) is 0 Å². The van der Waals surface area contributed by atoms with Crippen LogP contribution in [0.15, 0.2) is 12.7 Å². The predicted octanol–water partition coefficient (Wildman–Crippen LogP) is 0.248. The van der Waals surface area contributed by atoms with Crippen LogP contribution in [-0.4, -0.2) is 16.6 Å². The van der Waals surface area contributed by atoms with Crippen molar-refractivity contribution in [1.29, 1.82) is 0 Å². The van der Waals surface area contributed by atoms with E-state index in [1.54, 1.807) is 0 Å². The van der Waals surface area contributed by atoms with E-state index in [4.69, 9.17) is 4.43 Å². The van der Waals surface area contributed by atoms with E-state index >= 15 is 0 Å². The third-order valence-corrected chi connectivity index (χ3v) is 2.46. The van der Waals surface area contributed by atoms with Crippen LogP contribution in [0.1, 0.15) is 12.8 Å². The SMILES string of the molecule is C=C[C@H]1C[C@@H](O[SiH3])C1. The molecule has 46 valence electrons. The lowest BCUT2D eigenvalue weighted by Gasteiger charge is -2.32. The van der Waals surface area contributed by atoms with E-state index in [-0.39, 0.29) is 0 Å². The molecule has 0 unspecified atom stereocenters. The highest BCUT2D eigenvalue weighted by atomic mass is 28.2. The molecule has 1 nitrogen and oxygen atoms in total. The van der Waals surface area contributed by atoms with Crippen molar-refractivity contribution in [1.82, 2.24) is 0 Å². The van der Waals surface area contributed by atoms with Crippen LogP contribution in [0.25, 0.3) is 0 Å². The maximum absolute atomic E-state index is 5.21.